The van der Waals surface area contributed by atoms with Crippen molar-refractivity contribution in [3.8, 4) is 5.75 Å². The van der Waals surface area contributed by atoms with Crippen LogP contribution in [0.5, 0.6) is 5.75 Å². The number of nitrogens with two attached hydrogens (primary N) is 1. The third-order valence-electron chi connectivity index (χ3n) is 1.71. The molecule has 4 heteroatoms. The highest BCUT2D eigenvalue weighted by molar-refractivity contribution is 5.73. The number of phenolic OH excluding ortho intramolecular Hbond substituents is 1. The van der Waals surface area contributed by atoms with Gasteiger partial charge in [-0.05, 0) is 24.1 Å². The number of carboxylic acids is 1. The molecule has 0 heterocycles. The van der Waals surface area contributed by atoms with Gasteiger partial charge in [-0.15, -0.1) is 0 Å². The Labute approximate surface area is 75.6 Å². The van der Waals surface area contributed by atoms with Crippen molar-refractivity contribution >= 4 is 5.97 Å². The van der Waals surface area contributed by atoms with Crippen LogP contribution >= 0.6 is 0 Å². The summed E-state index contributed by atoms with van der Waals surface area (Å²) < 4.78 is 0. The van der Waals surface area contributed by atoms with Crippen LogP contribution < -0.4 is 5.73 Å². The standard InChI is InChI=1S/C9H11NO3/c10-8(9(12)13)5-6-1-3-7(11)4-2-6/h1-4,8,11H,5,10H2,(H,12,13)/t8-/m0/s1/i1+1,2+1,3+1,4+1,5+1,6+1,7+1,8+1,9+1. The van der Waals surface area contributed by atoms with Crippen LogP contribution in [0.1, 0.15) is 5.56 Å². The summed E-state index contributed by atoms with van der Waals surface area (Å²) in [6, 6.07) is 5.42. The molecule has 0 saturated heterocycles. The Bertz CT molecular complexity index is 294. The molecule has 0 bridgehead atoms. The fourth-order valence-corrected chi connectivity index (χ4v) is 0.973. The molecule has 1 atom stereocenters. The largest absolute Gasteiger partial charge is 0.508 e. The van der Waals surface area contributed by atoms with Crippen LogP contribution in [-0.4, -0.2) is 22.2 Å². The van der Waals surface area contributed by atoms with Crippen molar-refractivity contribution < 1.29 is 15.0 Å². The number of aliphatic carboxylic acids is 1. The predicted molar refractivity (Wildman–Crippen MR) is 47.4 cm³/mol. The monoisotopic (exact) mass is 190 g/mol. The van der Waals surface area contributed by atoms with Crippen LogP contribution in [0.15, 0.2) is 24.3 Å². The van der Waals surface area contributed by atoms with Gasteiger partial charge in [0.25, 0.3) is 0 Å². The van der Waals surface area contributed by atoms with E-state index in [2.05, 4.69) is 0 Å². The Morgan fingerprint density at radius 3 is 2.38 bits per heavy atom. The van der Waals surface area contributed by atoms with E-state index in [1.165, 1.54) is 12.1 Å². The van der Waals surface area contributed by atoms with Crippen molar-refractivity contribution in [2.45, 2.75) is 12.5 Å². The third-order valence-corrected chi connectivity index (χ3v) is 1.71. The molecule has 1 aromatic carbocycles. The number of rotatable bonds is 3. The quantitative estimate of drug-likeness (QED) is 0.600. The number of hydrogen-bond acceptors (Lipinski definition) is 3. The van der Waals surface area contributed by atoms with Gasteiger partial charge in [-0.2, -0.15) is 0 Å². The molecule has 13 heavy (non-hydrogen) atoms. The number of benzene rings is 1. The third kappa shape index (κ3) is 2.76. The summed E-state index contributed by atoms with van der Waals surface area (Å²) in [5.74, 6) is -0.860. The number of phenols is 1. The highest BCUT2D eigenvalue weighted by atomic mass is 16.5. The molecule has 1 aromatic rings. The number of carboxylic acid groups (broad SMARTS) is 1. The predicted octanol–water partition coefficient (Wildman–Crippen LogP) is 0.347. The minimum absolute atomic E-state index is 0.160. The van der Waals surface area contributed by atoms with E-state index in [4.69, 9.17) is 15.9 Å². The maximum atomic E-state index is 10.4. The molecule has 4 nitrogen and oxygen atoms in total. The lowest BCUT2D eigenvalue weighted by atomic mass is 11.0. The Balaban J connectivity index is 2.64. The van der Waals surface area contributed by atoms with Gasteiger partial charge < -0.3 is 15.9 Å². The van der Waals surface area contributed by atoms with Gasteiger partial charge in [-0.1, -0.05) is 12.1 Å². The Morgan fingerprint density at radius 2 is 1.92 bits per heavy atom. The van der Waals surface area contributed by atoms with E-state index in [9.17, 15) is 4.79 Å². The first kappa shape index (κ1) is 9.54. The van der Waals surface area contributed by atoms with Gasteiger partial charge >= 0.3 is 5.97 Å². The summed E-state index contributed by atoms with van der Waals surface area (Å²) in [7, 11) is 0. The highest BCUT2D eigenvalue weighted by Gasteiger charge is 2.11. The topological polar surface area (TPSA) is 83.5 Å². The summed E-state index contributed by atoms with van der Waals surface area (Å²) >= 11 is 0. The van der Waals surface area contributed by atoms with Crippen molar-refractivity contribution in [1.82, 2.24) is 0 Å². The lowest BCUT2D eigenvalue weighted by Crippen LogP contribution is -2.32. The zero-order chi connectivity index (χ0) is 9.84. The minimum atomic E-state index is -1.02. The first-order valence-corrected chi connectivity index (χ1v) is 3.86. The summed E-state index contributed by atoms with van der Waals surface area (Å²) in [6.07, 6.45) is 0.273. The fourth-order valence-electron chi connectivity index (χ4n) is 0.973. The second-order valence-electron chi connectivity index (χ2n) is 2.82. The van der Waals surface area contributed by atoms with Gasteiger partial charge in [-0.3, -0.25) is 4.79 Å². The fraction of sp³-hybridized carbons (Fsp3) is 0.222. The zero-order valence-electron chi connectivity index (χ0n) is 6.97. The molecule has 0 aliphatic heterocycles. The molecular weight excluding hydrogens is 179 g/mol. The van der Waals surface area contributed by atoms with Gasteiger partial charge in [-0.25, -0.2) is 0 Å². The highest BCUT2D eigenvalue weighted by Crippen LogP contribution is 2.10. The van der Waals surface area contributed by atoms with Crippen LogP contribution in [0.3, 0.4) is 0 Å². The second kappa shape index (κ2) is 3.91. The Hall–Kier alpha value is -1.55. The van der Waals surface area contributed by atoms with Crippen molar-refractivity contribution in [1.29, 1.82) is 0 Å². The normalized spacial score (nSPS) is 12.4. The molecule has 0 fully saturated rings. The molecule has 4 N–H and O–H groups in total. The molecule has 0 aromatic heterocycles. The maximum absolute atomic E-state index is 10.4. The molecule has 0 aliphatic rings. The average Bonchev–Trinajstić information content (AvgIpc) is 2.08. The lowest BCUT2D eigenvalue weighted by Gasteiger charge is -2.05. The van der Waals surface area contributed by atoms with Crippen LogP contribution in [0.4, 0.5) is 0 Å². The van der Waals surface area contributed by atoms with Crippen LogP contribution in [-0.2, 0) is 11.2 Å². The van der Waals surface area contributed by atoms with Gasteiger partial charge in [0.05, 0.1) is 0 Å². The summed E-state index contributed by atoms with van der Waals surface area (Å²) in [4.78, 5) is 10.4. The summed E-state index contributed by atoms with van der Waals surface area (Å²) in [5.41, 5.74) is 6.12. The molecule has 0 amide bonds. The number of aromatic hydroxyl groups is 1. The Kier molecular flexibility index (Phi) is 2.87. The molecule has 0 aliphatic carbocycles. The van der Waals surface area contributed by atoms with Crippen LogP contribution in [0.25, 0.3) is 0 Å². The maximum Gasteiger partial charge on any atom is 0.320 e. The Morgan fingerprint density at radius 1 is 1.38 bits per heavy atom. The molecule has 0 radical (unpaired) electrons. The molecule has 0 spiro atoms. The van der Waals surface area contributed by atoms with Gasteiger partial charge in [0, 0.05) is 0 Å². The van der Waals surface area contributed by atoms with Gasteiger partial charge in [0.1, 0.15) is 11.8 Å². The SMILES string of the molecule is N[13C@@H]([13CH2][13c]1[13cH][13cH][13c](O)[13cH][13cH]1)[13C](=O)O. The molecule has 0 unspecified atom stereocenters. The van der Waals surface area contributed by atoms with Crippen LogP contribution in [0.2, 0.25) is 0 Å². The molecular formula is C9H11NO3. The summed E-state index contributed by atoms with van der Waals surface area (Å²) in [6.45, 7) is 0. The number of hydrogen-bond donors (Lipinski definition) is 3. The lowest BCUT2D eigenvalue weighted by molar-refractivity contribution is -0.138. The van der Waals surface area contributed by atoms with Crippen molar-refractivity contribution in [3.05, 3.63) is 29.8 Å². The molecule has 1 rings (SSSR count). The van der Waals surface area contributed by atoms with Crippen molar-refractivity contribution in [2.24, 2.45) is 5.73 Å². The van der Waals surface area contributed by atoms with Gasteiger partial charge in [0.15, 0.2) is 0 Å². The smallest absolute Gasteiger partial charge is 0.320 e. The molecule has 70 valence electrons. The minimum Gasteiger partial charge on any atom is -0.508 e. The van der Waals surface area contributed by atoms with E-state index >= 15 is 0 Å². The van der Waals surface area contributed by atoms with Crippen molar-refractivity contribution in [2.75, 3.05) is 0 Å². The van der Waals surface area contributed by atoms with E-state index in [1.807, 2.05) is 0 Å². The first-order chi connectivity index (χ1) is 6.09. The summed E-state index contributed by atoms with van der Waals surface area (Å²) in [5, 5.41) is 17.5. The van der Waals surface area contributed by atoms with Crippen LogP contribution in [0, 0.1) is 0 Å². The average molecular weight is 190 g/mol. The van der Waals surface area contributed by atoms with E-state index in [-0.39, 0.29) is 12.2 Å². The number of carbonyl (C=O) groups is 1. The molecule has 0 saturated carbocycles. The van der Waals surface area contributed by atoms with E-state index in [0.29, 0.717) is 0 Å². The first-order valence-electron chi connectivity index (χ1n) is 3.86. The van der Waals surface area contributed by atoms with Gasteiger partial charge in [0.2, 0.25) is 0 Å². The van der Waals surface area contributed by atoms with Crippen molar-refractivity contribution in [3.63, 3.8) is 0 Å². The zero-order valence-corrected chi connectivity index (χ0v) is 6.97. The van der Waals surface area contributed by atoms with E-state index in [1.54, 1.807) is 12.1 Å². The van der Waals surface area contributed by atoms with E-state index in [0.717, 1.165) is 5.56 Å². The second-order valence-corrected chi connectivity index (χ2v) is 2.82. The van der Waals surface area contributed by atoms with E-state index < -0.39 is 12.0 Å².